The Morgan fingerprint density at radius 2 is 1.61 bits per heavy atom. The highest BCUT2D eigenvalue weighted by atomic mass is 19.1. The van der Waals surface area contributed by atoms with Crippen LogP contribution in [0.25, 0.3) is 0 Å². The lowest BCUT2D eigenvalue weighted by Crippen LogP contribution is -2.57. The molecule has 0 spiro atoms. The van der Waals surface area contributed by atoms with Crippen LogP contribution < -0.4 is 0 Å². The number of aliphatic hydroxyl groups excluding tert-OH is 2. The van der Waals surface area contributed by atoms with Crippen LogP contribution in [0.4, 0.5) is 4.39 Å². The monoisotopic (exact) mass is 464 g/mol. The van der Waals surface area contributed by atoms with Gasteiger partial charge >= 0.3 is 0 Å². The Hall–Kier alpha value is -0.480. The third kappa shape index (κ3) is 4.03. The number of carbonyl (C=O) groups is 1. The Labute approximate surface area is 201 Å². The molecule has 0 radical (unpaired) electrons. The maximum absolute atomic E-state index is 14.2. The zero-order chi connectivity index (χ0) is 24.3. The summed E-state index contributed by atoms with van der Waals surface area (Å²) < 4.78 is 14.2. The van der Waals surface area contributed by atoms with Crippen molar-refractivity contribution in [2.75, 3.05) is 0 Å². The number of halogens is 1. The molecule has 0 amide bonds. The lowest BCUT2D eigenvalue weighted by Gasteiger charge is -2.60. The molecule has 190 valence electrons. The highest BCUT2D eigenvalue weighted by molar-refractivity contribution is 5.83. The second-order valence-electron chi connectivity index (χ2n) is 13.4. The Kier molecular flexibility index (Phi) is 7.13. The van der Waals surface area contributed by atoms with Gasteiger partial charge in [0.1, 0.15) is 12.0 Å². The fraction of sp³-hybridized carbons (Fsp3) is 0.966. The maximum atomic E-state index is 14.2. The molecule has 0 aromatic carbocycles. The van der Waals surface area contributed by atoms with Crippen molar-refractivity contribution in [3.8, 4) is 0 Å². The Morgan fingerprint density at radius 1 is 0.970 bits per heavy atom. The lowest BCUT2D eigenvalue weighted by atomic mass is 9.44. The molecule has 0 heterocycles. The van der Waals surface area contributed by atoms with E-state index in [9.17, 15) is 19.4 Å². The summed E-state index contributed by atoms with van der Waals surface area (Å²) in [5.74, 6) is 2.56. The van der Waals surface area contributed by atoms with Crippen LogP contribution in [-0.2, 0) is 4.79 Å². The summed E-state index contributed by atoms with van der Waals surface area (Å²) in [6.45, 7) is 13.2. The summed E-state index contributed by atoms with van der Waals surface area (Å²) in [4.78, 5) is 13.3. The Balaban J connectivity index is 1.54. The molecule has 0 unspecified atom stereocenters. The minimum absolute atomic E-state index is 0.0328. The third-order valence-corrected chi connectivity index (χ3v) is 11.8. The molecular weight excluding hydrogens is 415 g/mol. The van der Waals surface area contributed by atoms with Crippen molar-refractivity contribution < 1.29 is 19.4 Å². The molecule has 4 aliphatic carbocycles. The van der Waals surface area contributed by atoms with Crippen molar-refractivity contribution in [3.63, 3.8) is 0 Å². The van der Waals surface area contributed by atoms with E-state index >= 15 is 0 Å². The van der Waals surface area contributed by atoms with Crippen LogP contribution in [0.5, 0.6) is 0 Å². The molecule has 2 N–H and O–H groups in total. The molecule has 0 aromatic heterocycles. The van der Waals surface area contributed by atoms with Crippen molar-refractivity contribution in [1.82, 2.24) is 0 Å². The standard InChI is InChI=1S/C29H49FO3/c1-7-19(16(2)3)27(33)26(32)17(4)21-8-9-22-20-15-25(31)24-14-18(30)10-12-29(24,6)23(20)11-13-28(21,22)5/h16-24,26-27,32-33H,7-15H2,1-6H3/t17-,18+,19-,20-,21+,22-,23-,24+,26+,27+,28+,29+/m0/s1. The summed E-state index contributed by atoms with van der Waals surface area (Å²) in [5, 5.41) is 22.3. The maximum Gasteiger partial charge on any atom is 0.136 e. The molecule has 0 bridgehead atoms. The van der Waals surface area contributed by atoms with E-state index in [1.807, 2.05) is 0 Å². The van der Waals surface area contributed by atoms with Crippen LogP contribution in [0.15, 0.2) is 0 Å². The molecule has 4 aliphatic rings. The summed E-state index contributed by atoms with van der Waals surface area (Å²) in [6.07, 6.45) is 5.68. The molecule has 3 nitrogen and oxygen atoms in total. The summed E-state index contributed by atoms with van der Waals surface area (Å²) in [6, 6.07) is 0. The zero-order valence-corrected chi connectivity index (χ0v) is 21.9. The van der Waals surface area contributed by atoms with Gasteiger partial charge in [0.15, 0.2) is 0 Å². The average molecular weight is 465 g/mol. The molecule has 4 fully saturated rings. The summed E-state index contributed by atoms with van der Waals surface area (Å²) in [7, 11) is 0. The largest absolute Gasteiger partial charge is 0.390 e. The van der Waals surface area contributed by atoms with Gasteiger partial charge in [0.05, 0.1) is 12.2 Å². The van der Waals surface area contributed by atoms with E-state index in [-0.39, 0.29) is 28.6 Å². The van der Waals surface area contributed by atoms with Gasteiger partial charge in [-0.15, -0.1) is 0 Å². The second kappa shape index (κ2) is 9.19. The van der Waals surface area contributed by atoms with Gasteiger partial charge in [-0.3, -0.25) is 4.79 Å². The molecule has 4 saturated carbocycles. The second-order valence-corrected chi connectivity index (χ2v) is 13.4. The van der Waals surface area contributed by atoms with Crippen LogP contribution in [0, 0.1) is 58.2 Å². The van der Waals surface area contributed by atoms with Crippen LogP contribution >= 0.6 is 0 Å². The van der Waals surface area contributed by atoms with E-state index in [2.05, 4.69) is 41.5 Å². The van der Waals surface area contributed by atoms with Crippen molar-refractivity contribution >= 4 is 5.78 Å². The highest BCUT2D eigenvalue weighted by Gasteiger charge is 2.63. The van der Waals surface area contributed by atoms with Gasteiger partial charge in [0.2, 0.25) is 0 Å². The SMILES string of the molecule is CC[C@@H](C(C)C)[C@@H](O)[C@H](O)[C@@H](C)[C@H]1CC[C@H]2[C@@H]3CC(=O)[C@H]4C[C@H](F)CC[C@]4(C)[C@H]3CC[C@]12C. The van der Waals surface area contributed by atoms with Gasteiger partial charge in [0, 0.05) is 12.3 Å². The van der Waals surface area contributed by atoms with Crippen molar-refractivity contribution in [2.24, 2.45) is 58.2 Å². The lowest BCUT2D eigenvalue weighted by molar-refractivity contribution is -0.159. The number of aliphatic hydroxyl groups is 2. The van der Waals surface area contributed by atoms with Crippen LogP contribution in [0.2, 0.25) is 0 Å². The number of carbonyl (C=O) groups excluding carboxylic acids is 1. The Bertz CT molecular complexity index is 724. The predicted molar refractivity (Wildman–Crippen MR) is 130 cm³/mol. The van der Waals surface area contributed by atoms with Crippen molar-refractivity contribution in [1.29, 1.82) is 0 Å². The molecule has 4 heteroatoms. The fourth-order valence-corrected chi connectivity index (χ4v) is 9.81. The van der Waals surface area contributed by atoms with Gasteiger partial charge in [-0.25, -0.2) is 4.39 Å². The van der Waals surface area contributed by atoms with E-state index in [1.54, 1.807) is 0 Å². The number of hydrogen-bond acceptors (Lipinski definition) is 3. The van der Waals surface area contributed by atoms with Gasteiger partial charge < -0.3 is 10.2 Å². The van der Waals surface area contributed by atoms with E-state index in [1.165, 1.54) is 0 Å². The first-order chi connectivity index (χ1) is 15.5. The third-order valence-electron chi connectivity index (χ3n) is 11.8. The van der Waals surface area contributed by atoms with Crippen LogP contribution in [-0.4, -0.2) is 34.4 Å². The molecule has 0 saturated heterocycles. The van der Waals surface area contributed by atoms with Crippen LogP contribution in [0.3, 0.4) is 0 Å². The summed E-state index contributed by atoms with van der Waals surface area (Å²) >= 11 is 0. The molecule has 33 heavy (non-hydrogen) atoms. The molecule has 12 atom stereocenters. The molecular formula is C29H49FO3. The normalized spacial score (nSPS) is 46.8. The van der Waals surface area contributed by atoms with Gasteiger partial charge in [0.25, 0.3) is 0 Å². The van der Waals surface area contributed by atoms with E-state index in [0.717, 1.165) is 38.5 Å². The first-order valence-corrected chi connectivity index (χ1v) is 14.0. The highest BCUT2D eigenvalue weighted by Crippen LogP contribution is 2.68. The Morgan fingerprint density at radius 3 is 2.24 bits per heavy atom. The first kappa shape index (κ1) is 25.6. The smallest absolute Gasteiger partial charge is 0.136 e. The summed E-state index contributed by atoms with van der Waals surface area (Å²) in [5.41, 5.74) is 0.0799. The minimum Gasteiger partial charge on any atom is -0.390 e. The first-order valence-electron chi connectivity index (χ1n) is 14.0. The van der Waals surface area contributed by atoms with E-state index in [0.29, 0.717) is 54.6 Å². The van der Waals surface area contributed by atoms with Crippen LogP contribution in [0.1, 0.15) is 99.3 Å². The van der Waals surface area contributed by atoms with Gasteiger partial charge in [-0.05, 0) is 97.2 Å². The fourth-order valence-electron chi connectivity index (χ4n) is 9.81. The van der Waals surface area contributed by atoms with E-state index in [4.69, 9.17) is 0 Å². The number of fused-ring (bicyclic) bond motifs is 5. The predicted octanol–water partition coefficient (Wildman–Crippen LogP) is 6.20. The number of alkyl halides is 1. The number of ketones is 1. The van der Waals surface area contributed by atoms with Gasteiger partial charge in [-0.2, -0.15) is 0 Å². The van der Waals surface area contributed by atoms with Crippen molar-refractivity contribution in [2.45, 2.75) is 118 Å². The van der Waals surface area contributed by atoms with Gasteiger partial charge in [-0.1, -0.05) is 48.0 Å². The minimum atomic E-state index is -0.806. The van der Waals surface area contributed by atoms with Crippen molar-refractivity contribution in [3.05, 3.63) is 0 Å². The topological polar surface area (TPSA) is 57.5 Å². The molecule has 0 aromatic rings. The number of hydrogen-bond donors (Lipinski definition) is 2. The molecule has 0 aliphatic heterocycles. The quantitative estimate of drug-likeness (QED) is 0.492. The molecule has 4 rings (SSSR count). The number of Topliss-reactive ketones (excluding diaryl/α,β-unsaturated/α-hetero) is 1. The average Bonchev–Trinajstić information content (AvgIpc) is 3.11. The number of rotatable bonds is 6. The van der Waals surface area contributed by atoms with E-state index < -0.39 is 18.4 Å². The zero-order valence-electron chi connectivity index (χ0n) is 21.9.